The van der Waals surface area contributed by atoms with Gasteiger partial charge in [0.2, 0.25) is 0 Å². The number of amides is 1. The number of hydrogen-bond acceptors (Lipinski definition) is 5. The van der Waals surface area contributed by atoms with E-state index in [1.165, 1.54) is 6.07 Å². The van der Waals surface area contributed by atoms with Gasteiger partial charge >= 0.3 is 0 Å². The van der Waals surface area contributed by atoms with Crippen LogP contribution in [0.4, 0.5) is 15.8 Å². The molecule has 2 aromatic rings. The number of carbonyl (C=O) groups excluding carboxylic acids is 1. The summed E-state index contributed by atoms with van der Waals surface area (Å²) < 4.78 is 20.9. The third-order valence-electron chi connectivity index (χ3n) is 6.51. The zero-order valence-corrected chi connectivity index (χ0v) is 19.2. The molecule has 170 valence electrons. The standard InChI is InChI=1S/C25H31FN4O2/c1-5-16(3)11-12-29(6-2)21-14-22-23(13-19(21)18-9-7-8-10-20(18)26)32-15-24-27-28-25(31)17(4)30(22)24/h7-10,13-14,16-17H,5-6,11-12,15H2,1-4H3,(H,28,31). The Hall–Kier alpha value is -3.09. The van der Waals surface area contributed by atoms with Crippen molar-refractivity contribution in [1.82, 2.24) is 5.43 Å². The van der Waals surface area contributed by atoms with Crippen molar-refractivity contribution < 1.29 is 13.9 Å². The van der Waals surface area contributed by atoms with Gasteiger partial charge in [-0.15, -0.1) is 0 Å². The maximum atomic E-state index is 14.9. The fourth-order valence-corrected chi connectivity index (χ4v) is 4.25. The molecule has 2 unspecified atom stereocenters. The molecule has 2 heterocycles. The fourth-order valence-electron chi connectivity index (χ4n) is 4.25. The normalized spacial score (nSPS) is 18.2. The number of rotatable bonds is 7. The Morgan fingerprint density at radius 3 is 2.78 bits per heavy atom. The highest BCUT2D eigenvalue weighted by Crippen LogP contribution is 2.44. The molecule has 0 saturated heterocycles. The van der Waals surface area contributed by atoms with E-state index in [0.29, 0.717) is 23.1 Å². The van der Waals surface area contributed by atoms with Crippen LogP contribution >= 0.6 is 0 Å². The molecule has 0 radical (unpaired) electrons. The molecule has 2 aliphatic heterocycles. The highest BCUT2D eigenvalue weighted by atomic mass is 19.1. The van der Waals surface area contributed by atoms with Gasteiger partial charge in [0.1, 0.15) is 24.2 Å². The lowest BCUT2D eigenvalue weighted by atomic mass is 9.98. The van der Waals surface area contributed by atoms with Crippen LogP contribution in [0.15, 0.2) is 41.5 Å². The average molecular weight is 439 g/mol. The van der Waals surface area contributed by atoms with Gasteiger partial charge in [-0.1, -0.05) is 38.5 Å². The number of anilines is 2. The Kier molecular flexibility index (Phi) is 6.35. The second-order valence-corrected chi connectivity index (χ2v) is 8.54. The highest BCUT2D eigenvalue weighted by molar-refractivity contribution is 6.10. The van der Waals surface area contributed by atoms with E-state index in [-0.39, 0.29) is 18.3 Å². The Morgan fingerprint density at radius 1 is 1.28 bits per heavy atom. The Labute approximate surface area is 189 Å². The summed E-state index contributed by atoms with van der Waals surface area (Å²) in [4.78, 5) is 16.5. The van der Waals surface area contributed by atoms with Crippen LogP contribution in [0.25, 0.3) is 11.1 Å². The molecule has 0 saturated carbocycles. The molecule has 4 rings (SSSR count). The first-order valence-electron chi connectivity index (χ1n) is 11.4. The number of fused-ring (bicyclic) bond motifs is 3. The van der Waals surface area contributed by atoms with Crippen LogP contribution in [0, 0.1) is 11.7 Å². The smallest absolute Gasteiger partial charge is 0.262 e. The molecule has 1 N–H and O–H groups in total. The molecule has 0 fully saturated rings. The minimum atomic E-state index is -0.410. The fraction of sp³-hybridized carbons (Fsp3) is 0.440. The number of amidine groups is 1. The summed E-state index contributed by atoms with van der Waals surface area (Å²) in [6.07, 6.45) is 2.17. The summed E-state index contributed by atoms with van der Waals surface area (Å²) in [5.41, 5.74) is 5.62. The second-order valence-electron chi connectivity index (χ2n) is 8.54. The highest BCUT2D eigenvalue weighted by Gasteiger charge is 2.36. The van der Waals surface area contributed by atoms with E-state index in [2.05, 4.69) is 36.2 Å². The summed E-state index contributed by atoms with van der Waals surface area (Å²) in [7, 11) is 0. The van der Waals surface area contributed by atoms with E-state index in [9.17, 15) is 9.18 Å². The second kappa shape index (κ2) is 9.18. The molecule has 2 atom stereocenters. The van der Waals surface area contributed by atoms with E-state index >= 15 is 0 Å². The monoisotopic (exact) mass is 438 g/mol. The van der Waals surface area contributed by atoms with Crippen LogP contribution in [0.3, 0.4) is 0 Å². The maximum absolute atomic E-state index is 14.9. The molecular weight excluding hydrogens is 407 g/mol. The molecule has 0 aromatic heterocycles. The van der Waals surface area contributed by atoms with Crippen molar-refractivity contribution >= 4 is 23.1 Å². The molecule has 1 amide bonds. The Balaban J connectivity index is 1.86. The van der Waals surface area contributed by atoms with Gasteiger partial charge in [0.05, 0.1) is 5.69 Å². The summed E-state index contributed by atoms with van der Waals surface area (Å²) in [5.74, 6) is 1.47. The molecule has 6 nitrogen and oxygen atoms in total. The van der Waals surface area contributed by atoms with Crippen molar-refractivity contribution in [1.29, 1.82) is 0 Å². The van der Waals surface area contributed by atoms with Crippen LogP contribution < -0.4 is 20.0 Å². The minimum Gasteiger partial charge on any atom is -0.483 e. The number of nitrogens with one attached hydrogen (secondary N) is 1. The minimum absolute atomic E-state index is 0.162. The largest absolute Gasteiger partial charge is 0.483 e. The molecule has 0 spiro atoms. The zero-order valence-electron chi connectivity index (χ0n) is 19.2. The first kappa shape index (κ1) is 22.1. The number of ether oxygens (including phenoxy) is 1. The molecule has 2 aliphatic rings. The van der Waals surface area contributed by atoms with Gasteiger partial charge in [-0.2, -0.15) is 5.10 Å². The van der Waals surface area contributed by atoms with Gasteiger partial charge < -0.3 is 14.5 Å². The average Bonchev–Trinajstić information content (AvgIpc) is 2.81. The third-order valence-corrected chi connectivity index (χ3v) is 6.51. The van der Waals surface area contributed by atoms with Crippen LogP contribution in [0.2, 0.25) is 0 Å². The number of hydrazone groups is 1. The number of hydrogen-bond donors (Lipinski definition) is 1. The number of carbonyl (C=O) groups is 1. The maximum Gasteiger partial charge on any atom is 0.262 e. The predicted molar refractivity (Wildman–Crippen MR) is 127 cm³/mol. The van der Waals surface area contributed by atoms with Crippen molar-refractivity contribution in [2.45, 2.75) is 46.6 Å². The van der Waals surface area contributed by atoms with Gasteiger partial charge in [0.15, 0.2) is 5.84 Å². The molecule has 7 heteroatoms. The third kappa shape index (κ3) is 4.04. The van der Waals surface area contributed by atoms with Crippen LogP contribution in [0.1, 0.15) is 40.5 Å². The Morgan fingerprint density at radius 2 is 2.06 bits per heavy atom. The van der Waals surface area contributed by atoms with E-state index < -0.39 is 6.04 Å². The summed E-state index contributed by atoms with van der Waals surface area (Å²) in [6.45, 7) is 10.3. The number of benzene rings is 2. The Bertz CT molecular complexity index is 1040. The summed E-state index contributed by atoms with van der Waals surface area (Å²) in [6, 6.07) is 10.4. The van der Waals surface area contributed by atoms with E-state index in [1.54, 1.807) is 12.1 Å². The van der Waals surface area contributed by atoms with E-state index in [1.807, 2.05) is 30.0 Å². The van der Waals surface area contributed by atoms with Gasteiger partial charge in [-0.25, -0.2) is 9.82 Å². The van der Waals surface area contributed by atoms with Crippen LogP contribution in [-0.2, 0) is 4.79 Å². The summed E-state index contributed by atoms with van der Waals surface area (Å²) >= 11 is 0. The molecule has 0 bridgehead atoms. The molecule has 0 aliphatic carbocycles. The molecule has 2 aromatic carbocycles. The lowest BCUT2D eigenvalue weighted by Crippen LogP contribution is -2.55. The predicted octanol–water partition coefficient (Wildman–Crippen LogP) is 4.79. The lowest BCUT2D eigenvalue weighted by Gasteiger charge is -2.39. The van der Waals surface area contributed by atoms with Crippen molar-refractivity contribution in [3.63, 3.8) is 0 Å². The van der Waals surface area contributed by atoms with Gasteiger partial charge in [0, 0.05) is 29.9 Å². The van der Waals surface area contributed by atoms with Crippen LogP contribution in [0.5, 0.6) is 5.75 Å². The van der Waals surface area contributed by atoms with Gasteiger partial charge in [0.25, 0.3) is 5.91 Å². The quantitative estimate of drug-likeness (QED) is 0.676. The van der Waals surface area contributed by atoms with Crippen molar-refractivity contribution in [2.75, 3.05) is 29.5 Å². The van der Waals surface area contributed by atoms with Crippen molar-refractivity contribution in [2.24, 2.45) is 11.0 Å². The van der Waals surface area contributed by atoms with E-state index in [4.69, 9.17) is 4.74 Å². The van der Waals surface area contributed by atoms with Crippen LogP contribution in [-0.4, -0.2) is 37.5 Å². The van der Waals surface area contributed by atoms with Crippen molar-refractivity contribution in [3.8, 4) is 16.9 Å². The topological polar surface area (TPSA) is 57.2 Å². The summed E-state index contributed by atoms with van der Waals surface area (Å²) in [5, 5.41) is 4.19. The first-order chi connectivity index (χ1) is 15.4. The first-order valence-corrected chi connectivity index (χ1v) is 11.4. The van der Waals surface area contributed by atoms with Gasteiger partial charge in [-0.3, -0.25) is 4.79 Å². The number of halogens is 1. The lowest BCUT2D eigenvalue weighted by molar-refractivity contribution is -0.122. The van der Waals surface area contributed by atoms with Gasteiger partial charge in [-0.05, 0) is 44.4 Å². The number of nitrogens with zero attached hydrogens (tertiary/aromatic N) is 3. The van der Waals surface area contributed by atoms with Crippen molar-refractivity contribution in [3.05, 3.63) is 42.2 Å². The molecule has 32 heavy (non-hydrogen) atoms. The van der Waals surface area contributed by atoms with E-state index in [0.717, 1.165) is 42.9 Å². The molecular formula is C25H31FN4O2. The SMILES string of the molecule is CCC(C)CCN(CC)c1cc2c(cc1-c1ccccc1F)OCC1=NNC(=O)C(C)N12. The zero-order chi connectivity index (χ0) is 22.8.